The van der Waals surface area contributed by atoms with Crippen molar-refractivity contribution in [3.05, 3.63) is 6.33 Å². The lowest BCUT2D eigenvalue weighted by atomic mass is 10.0. The monoisotopic (exact) mass is 214 g/mol. The Balaban J connectivity index is 2.26. The fourth-order valence-corrected chi connectivity index (χ4v) is 2.32. The Hall–Kier alpha value is -0.640. The van der Waals surface area contributed by atoms with Gasteiger partial charge in [0.2, 0.25) is 0 Å². The Bertz CT molecular complexity index is 288. The Labute approximate surface area is 85.3 Å². The molecule has 1 unspecified atom stereocenters. The molecule has 1 aromatic heterocycles. The molecule has 1 atom stereocenters. The summed E-state index contributed by atoms with van der Waals surface area (Å²) in [5.74, 6) is 0.801. The minimum atomic E-state index is -0.725. The Morgan fingerprint density at radius 3 is 3.15 bits per heavy atom. The van der Waals surface area contributed by atoms with E-state index in [1.807, 2.05) is 0 Å². The van der Waals surface area contributed by atoms with Crippen molar-refractivity contribution < 1.29 is 0 Å². The van der Waals surface area contributed by atoms with Gasteiger partial charge >= 0.3 is 0 Å². The maximum atomic E-state index is 8.64. The molecule has 2 N–H and O–H groups in total. The molecule has 70 valence electrons. The van der Waals surface area contributed by atoms with Gasteiger partial charge in [-0.3, -0.25) is 0 Å². The number of hydrogen-bond acceptors (Lipinski definition) is 6. The first-order valence-corrected chi connectivity index (χ1v) is 5.49. The normalized spacial score (nSPS) is 14.8. The molecule has 0 fully saturated rings. The molecule has 1 rings (SSSR count). The molecule has 0 spiro atoms. The van der Waals surface area contributed by atoms with E-state index in [4.69, 9.17) is 11.0 Å². The molecule has 1 aromatic rings. The molecule has 6 heteroatoms. The number of rotatable bonds is 4. The van der Waals surface area contributed by atoms with E-state index in [1.165, 1.54) is 17.9 Å². The molecule has 4 nitrogen and oxygen atoms in total. The number of thioether (sulfide) groups is 1. The highest BCUT2D eigenvalue weighted by Crippen LogP contribution is 2.21. The second-order valence-corrected chi connectivity index (χ2v) is 4.96. The van der Waals surface area contributed by atoms with Crippen molar-refractivity contribution in [2.45, 2.75) is 23.2 Å². The fourth-order valence-electron chi connectivity index (χ4n) is 0.633. The lowest BCUT2D eigenvalue weighted by Gasteiger charge is -2.13. The summed E-state index contributed by atoms with van der Waals surface area (Å²) in [5.41, 5.74) is 4.92. The molecule has 0 aliphatic carbocycles. The lowest BCUT2D eigenvalue weighted by Crippen LogP contribution is -2.34. The Kier molecular flexibility index (Phi) is 3.66. The molecule has 0 bridgehead atoms. The van der Waals surface area contributed by atoms with Gasteiger partial charge in [0.25, 0.3) is 0 Å². The van der Waals surface area contributed by atoms with Crippen molar-refractivity contribution in [2.24, 2.45) is 5.73 Å². The first-order chi connectivity index (χ1) is 6.14. The first-order valence-electron chi connectivity index (χ1n) is 3.74. The molecular formula is C7H10N4S2. The van der Waals surface area contributed by atoms with E-state index in [2.05, 4.69) is 15.4 Å². The van der Waals surface area contributed by atoms with Crippen LogP contribution in [0.25, 0.3) is 0 Å². The molecule has 0 aromatic carbocycles. The topological polar surface area (TPSA) is 75.6 Å². The minimum Gasteiger partial charge on any atom is -0.314 e. The van der Waals surface area contributed by atoms with Gasteiger partial charge in [-0.05, 0) is 24.9 Å². The lowest BCUT2D eigenvalue weighted by molar-refractivity contribution is 0.583. The average Bonchev–Trinajstić information content (AvgIpc) is 2.57. The van der Waals surface area contributed by atoms with Crippen LogP contribution in [0, 0.1) is 11.3 Å². The minimum absolute atomic E-state index is 0.660. The standard InChI is InChI=1S/C7H10N4S2/c1-7(9,4-8)2-3-12-6-10-5-11-13-6/h5H,2-3,9H2,1H3. The van der Waals surface area contributed by atoms with Crippen LogP contribution in [-0.2, 0) is 0 Å². The number of nitriles is 1. The van der Waals surface area contributed by atoms with Crippen LogP contribution in [0.4, 0.5) is 0 Å². The third kappa shape index (κ3) is 3.72. The van der Waals surface area contributed by atoms with E-state index in [1.54, 1.807) is 18.7 Å². The van der Waals surface area contributed by atoms with Crippen molar-refractivity contribution in [3.63, 3.8) is 0 Å². The molecule has 0 saturated heterocycles. The summed E-state index contributed by atoms with van der Waals surface area (Å²) in [5, 5.41) is 8.64. The van der Waals surface area contributed by atoms with Gasteiger partial charge in [-0.2, -0.15) is 9.64 Å². The maximum Gasteiger partial charge on any atom is 0.169 e. The molecule has 1 heterocycles. The fraction of sp³-hybridized carbons (Fsp3) is 0.571. The summed E-state index contributed by atoms with van der Waals surface area (Å²) in [4.78, 5) is 4.01. The maximum absolute atomic E-state index is 8.64. The van der Waals surface area contributed by atoms with Crippen molar-refractivity contribution in [1.82, 2.24) is 9.36 Å². The van der Waals surface area contributed by atoms with Crippen molar-refractivity contribution in [1.29, 1.82) is 5.26 Å². The molecule has 0 aliphatic heterocycles. The van der Waals surface area contributed by atoms with Crippen LogP contribution in [-0.4, -0.2) is 20.6 Å². The Morgan fingerprint density at radius 2 is 2.62 bits per heavy atom. The van der Waals surface area contributed by atoms with Crippen LogP contribution in [0.1, 0.15) is 13.3 Å². The molecule has 0 saturated carbocycles. The quantitative estimate of drug-likeness (QED) is 0.764. The number of nitrogens with zero attached hydrogens (tertiary/aromatic N) is 3. The van der Waals surface area contributed by atoms with Gasteiger partial charge < -0.3 is 5.73 Å². The second kappa shape index (κ2) is 4.56. The van der Waals surface area contributed by atoms with Gasteiger partial charge in [0.15, 0.2) is 4.34 Å². The van der Waals surface area contributed by atoms with Crippen LogP contribution < -0.4 is 5.73 Å². The van der Waals surface area contributed by atoms with E-state index in [0.717, 1.165) is 10.1 Å². The summed E-state index contributed by atoms with van der Waals surface area (Å²) in [6.07, 6.45) is 2.19. The van der Waals surface area contributed by atoms with Gasteiger partial charge in [0.1, 0.15) is 11.9 Å². The Morgan fingerprint density at radius 1 is 1.85 bits per heavy atom. The highest BCUT2D eigenvalue weighted by Gasteiger charge is 2.16. The zero-order valence-electron chi connectivity index (χ0n) is 7.23. The van der Waals surface area contributed by atoms with E-state index >= 15 is 0 Å². The predicted octanol–water partition coefficient (Wildman–Crippen LogP) is 1.26. The van der Waals surface area contributed by atoms with Crippen LogP contribution in [0.15, 0.2) is 10.7 Å². The highest BCUT2D eigenvalue weighted by atomic mass is 32.2. The van der Waals surface area contributed by atoms with Crippen LogP contribution in [0.2, 0.25) is 0 Å². The average molecular weight is 214 g/mol. The van der Waals surface area contributed by atoms with Crippen LogP contribution in [0.5, 0.6) is 0 Å². The van der Waals surface area contributed by atoms with E-state index in [0.29, 0.717) is 6.42 Å². The molecule has 0 aliphatic rings. The third-order valence-corrected chi connectivity index (χ3v) is 3.24. The number of aromatic nitrogens is 2. The zero-order chi connectivity index (χ0) is 9.73. The third-order valence-electron chi connectivity index (χ3n) is 1.44. The van der Waals surface area contributed by atoms with Crippen LogP contribution in [0.3, 0.4) is 0 Å². The number of hydrogen-bond donors (Lipinski definition) is 1. The van der Waals surface area contributed by atoms with Gasteiger partial charge in [0, 0.05) is 5.75 Å². The van der Waals surface area contributed by atoms with Gasteiger partial charge in [0.05, 0.1) is 6.07 Å². The summed E-state index contributed by atoms with van der Waals surface area (Å²) in [6.45, 7) is 1.73. The molecular weight excluding hydrogens is 204 g/mol. The second-order valence-electron chi connectivity index (χ2n) is 2.83. The summed E-state index contributed by atoms with van der Waals surface area (Å²) < 4.78 is 4.80. The smallest absolute Gasteiger partial charge is 0.169 e. The van der Waals surface area contributed by atoms with Gasteiger partial charge in [-0.25, -0.2) is 4.98 Å². The first kappa shape index (κ1) is 10.4. The highest BCUT2D eigenvalue weighted by molar-refractivity contribution is 8.00. The van der Waals surface area contributed by atoms with E-state index < -0.39 is 5.54 Å². The van der Waals surface area contributed by atoms with E-state index in [-0.39, 0.29) is 0 Å². The number of nitrogens with two attached hydrogens (primary N) is 1. The van der Waals surface area contributed by atoms with Gasteiger partial charge in [-0.15, -0.1) is 0 Å². The van der Waals surface area contributed by atoms with Gasteiger partial charge in [-0.1, -0.05) is 11.8 Å². The summed E-state index contributed by atoms with van der Waals surface area (Å²) in [7, 11) is 0. The molecule has 0 radical (unpaired) electrons. The molecule has 13 heavy (non-hydrogen) atoms. The van der Waals surface area contributed by atoms with Crippen molar-refractivity contribution in [3.8, 4) is 6.07 Å². The summed E-state index contributed by atoms with van der Waals surface area (Å²) >= 11 is 2.94. The SMILES string of the molecule is CC(N)(C#N)CCSc1ncns1. The summed E-state index contributed by atoms with van der Waals surface area (Å²) in [6, 6.07) is 2.05. The van der Waals surface area contributed by atoms with Crippen LogP contribution >= 0.6 is 23.3 Å². The van der Waals surface area contributed by atoms with Crippen molar-refractivity contribution >= 4 is 23.3 Å². The largest absolute Gasteiger partial charge is 0.314 e. The van der Waals surface area contributed by atoms with E-state index in [9.17, 15) is 0 Å². The molecule has 0 amide bonds. The predicted molar refractivity (Wildman–Crippen MR) is 53.5 cm³/mol. The van der Waals surface area contributed by atoms with Crippen molar-refractivity contribution in [2.75, 3.05) is 5.75 Å². The zero-order valence-corrected chi connectivity index (χ0v) is 8.86.